The number of hydrogen-bond donors (Lipinski definition) is 0. The monoisotopic (exact) mass is 156 g/mol. The molecular weight excluding hydrogens is 142 g/mol. The first kappa shape index (κ1) is 9.21. The Morgan fingerprint density at radius 3 is 1.56 bits per heavy atom. The van der Waals surface area contributed by atoms with Crippen molar-refractivity contribution in [2.75, 3.05) is 11.5 Å². The average molecular weight is 156 g/mol. The summed E-state index contributed by atoms with van der Waals surface area (Å²) in [5.74, 6) is 0.252. The summed E-state index contributed by atoms with van der Waals surface area (Å²) in [7, 11) is -3.18. The van der Waals surface area contributed by atoms with Crippen molar-refractivity contribution < 1.29 is 7.77 Å². The summed E-state index contributed by atoms with van der Waals surface area (Å²) < 4.78 is 25.0. The molecule has 0 bridgehead atoms. The Balaban J connectivity index is 3.43. The van der Waals surface area contributed by atoms with E-state index >= 15 is 0 Å². The van der Waals surface area contributed by atoms with Crippen LogP contribution in [0.15, 0.2) is 0 Å². The minimum atomic E-state index is -3.18. The van der Waals surface area contributed by atoms with Gasteiger partial charge >= 0.3 is 0 Å². The molecule has 0 fully saturated rings. The van der Waals surface area contributed by atoms with Crippen LogP contribution < -0.4 is 0 Å². The molecule has 0 aromatic rings. The Morgan fingerprint density at radius 2 is 1.33 bits per heavy atom. The molecule has 0 nitrogen and oxygen atoms in total. The molecule has 0 aliphatic rings. The first-order valence-electron chi connectivity index (χ1n) is 3.30. The molecule has 0 radical (unpaired) electrons. The van der Waals surface area contributed by atoms with Crippen LogP contribution in [0.25, 0.3) is 0 Å². The molecule has 3 heteroatoms. The number of hydrogen-bond acceptors (Lipinski definition) is 0. The molecule has 9 heavy (non-hydrogen) atoms. The Morgan fingerprint density at radius 1 is 1.00 bits per heavy atom. The SMILES string of the molecule is CCCS(F)(F)CCC. The maximum absolute atomic E-state index is 12.5. The van der Waals surface area contributed by atoms with Crippen LogP contribution in [-0.4, -0.2) is 11.5 Å². The van der Waals surface area contributed by atoms with Gasteiger partial charge in [0.2, 0.25) is 0 Å². The van der Waals surface area contributed by atoms with Gasteiger partial charge in [-0.2, -0.15) is 7.77 Å². The molecule has 58 valence electrons. The van der Waals surface area contributed by atoms with Crippen LogP contribution in [0, 0.1) is 0 Å². The summed E-state index contributed by atoms with van der Waals surface area (Å²) in [6.45, 7) is 3.60. The molecule has 0 aromatic carbocycles. The minimum Gasteiger partial charge on any atom is -0.158 e. The minimum absolute atomic E-state index is 0.126. The van der Waals surface area contributed by atoms with Crippen molar-refractivity contribution >= 4 is 10.8 Å². The predicted octanol–water partition coefficient (Wildman–Crippen LogP) is 3.38. The van der Waals surface area contributed by atoms with Gasteiger partial charge in [-0.3, -0.25) is 0 Å². The third-order valence-electron chi connectivity index (χ3n) is 1.01. The van der Waals surface area contributed by atoms with E-state index < -0.39 is 10.8 Å². The summed E-state index contributed by atoms with van der Waals surface area (Å²) in [5.41, 5.74) is 0. The van der Waals surface area contributed by atoms with Crippen LogP contribution in [0.5, 0.6) is 0 Å². The molecule has 0 aromatic heterocycles. The highest BCUT2D eigenvalue weighted by Gasteiger charge is 2.18. The van der Waals surface area contributed by atoms with Gasteiger partial charge in [0.25, 0.3) is 0 Å². The van der Waals surface area contributed by atoms with Gasteiger partial charge in [-0.15, -0.1) is 0 Å². The van der Waals surface area contributed by atoms with Crippen LogP contribution in [0.2, 0.25) is 0 Å². The molecule has 0 rings (SSSR count). The van der Waals surface area contributed by atoms with Gasteiger partial charge in [-0.05, 0) is 12.8 Å². The van der Waals surface area contributed by atoms with Crippen molar-refractivity contribution in [3.05, 3.63) is 0 Å². The lowest BCUT2D eigenvalue weighted by Gasteiger charge is -2.18. The molecule has 0 N–H and O–H groups in total. The van der Waals surface area contributed by atoms with Crippen molar-refractivity contribution in [3.8, 4) is 0 Å². The van der Waals surface area contributed by atoms with Crippen LogP contribution in [0.4, 0.5) is 7.77 Å². The molecule has 0 heterocycles. The summed E-state index contributed by atoms with van der Waals surface area (Å²) >= 11 is 0. The number of halogens is 2. The van der Waals surface area contributed by atoms with E-state index in [1.807, 2.05) is 0 Å². The normalized spacial score (nSPS) is 13.8. The zero-order valence-electron chi connectivity index (χ0n) is 5.99. The number of rotatable bonds is 4. The van der Waals surface area contributed by atoms with E-state index in [4.69, 9.17) is 0 Å². The van der Waals surface area contributed by atoms with E-state index in [0.717, 1.165) is 0 Å². The fourth-order valence-electron chi connectivity index (χ4n) is 0.699. The third-order valence-corrected chi connectivity index (χ3v) is 3.02. The molecule has 0 unspecified atom stereocenters. The van der Waals surface area contributed by atoms with Crippen LogP contribution in [0.3, 0.4) is 0 Å². The molecular formula is C6H14F2S. The highest BCUT2D eigenvalue weighted by Crippen LogP contribution is 2.52. The zero-order valence-corrected chi connectivity index (χ0v) is 6.81. The third kappa shape index (κ3) is 4.70. The van der Waals surface area contributed by atoms with Gasteiger partial charge in [-0.25, -0.2) is 0 Å². The van der Waals surface area contributed by atoms with E-state index in [0.29, 0.717) is 12.8 Å². The lowest BCUT2D eigenvalue weighted by atomic mass is 10.6. The predicted molar refractivity (Wildman–Crippen MR) is 40.1 cm³/mol. The molecule has 0 aliphatic heterocycles. The van der Waals surface area contributed by atoms with Crippen LogP contribution in [0.1, 0.15) is 26.7 Å². The van der Waals surface area contributed by atoms with Crippen molar-refractivity contribution in [3.63, 3.8) is 0 Å². The lowest BCUT2D eigenvalue weighted by molar-refractivity contribution is 0.726. The summed E-state index contributed by atoms with van der Waals surface area (Å²) in [5, 5.41) is 0. The topological polar surface area (TPSA) is 0 Å². The van der Waals surface area contributed by atoms with E-state index in [1.54, 1.807) is 13.8 Å². The van der Waals surface area contributed by atoms with Crippen LogP contribution >= 0.6 is 10.8 Å². The highest BCUT2D eigenvalue weighted by molar-refractivity contribution is 8.25. The molecule has 0 saturated heterocycles. The quantitative estimate of drug-likeness (QED) is 0.585. The smallest absolute Gasteiger partial charge is 0.0573 e. The molecule has 0 amide bonds. The maximum Gasteiger partial charge on any atom is 0.0573 e. The maximum atomic E-state index is 12.5. The molecule has 0 spiro atoms. The zero-order chi connectivity index (χ0) is 7.33. The van der Waals surface area contributed by atoms with Crippen molar-refractivity contribution in [1.29, 1.82) is 0 Å². The molecule has 0 aliphatic carbocycles. The van der Waals surface area contributed by atoms with E-state index in [2.05, 4.69) is 0 Å². The Hall–Kier alpha value is 0.210. The summed E-state index contributed by atoms with van der Waals surface area (Å²) in [6, 6.07) is 0. The fraction of sp³-hybridized carbons (Fsp3) is 1.00. The second-order valence-corrected chi connectivity index (χ2v) is 4.32. The van der Waals surface area contributed by atoms with Gasteiger partial charge in [0, 0.05) is 11.5 Å². The first-order chi connectivity index (χ1) is 4.12. The Kier molecular flexibility index (Phi) is 4.19. The Bertz CT molecular complexity index is 65.5. The molecule has 0 saturated carbocycles. The van der Waals surface area contributed by atoms with Crippen LogP contribution in [-0.2, 0) is 0 Å². The van der Waals surface area contributed by atoms with Crippen molar-refractivity contribution in [2.45, 2.75) is 26.7 Å². The summed E-state index contributed by atoms with van der Waals surface area (Å²) in [6.07, 6.45) is 1.23. The van der Waals surface area contributed by atoms with E-state index in [1.165, 1.54) is 0 Å². The lowest BCUT2D eigenvalue weighted by Crippen LogP contribution is -1.95. The standard InChI is InChI=1S/C6H14F2S/c1-3-5-9(7,8)6-4-2/h3-6H2,1-2H3. The second-order valence-electron chi connectivity index (χ2n) is 2.11. The second kappa shape index (κ2) is 4.09. The summed E-state index contributed by atoms with van der Waals surface area (Å²) in [4.78, 5) is 0. The van der Waals surface area contributed by atoms with E-state index in [-0.39, 0.29) is 11.5 Å². The largest absolute Gasteiger partial charge is 0.158 e. The van der Waals surface area contributed by atoms with Gasteiger partial charge in [-0.1, -0.05) is 13.8 Å². The average Bonchev–Trinajstić information content (AvgIpc) is 1.64. The van der Waals surface area contributed by atoms with Crippen molar-refractivity contribution in [1.82, 2.24) is 0 Å². The molecule has 0 atom stereocenters. The first-order valence-corrected chi connectivity index (χ1v) is 5.07. The van der Waals surface area contributed by atoms with Crippen molar-refractivity contribution in [2.24, 2.45) is 0 Å². The van der Waals surface area contributed by atoms with Gasteiger partial charge in [0.1, 0.15) is 0 Å². The van der Waals surface area contributed by atoms with Gasteiger partial charge in [0.05, 0.1) is 10.8 Å². The van der Waals surface area contributed by atoms with Gasteiger partial charge in [0.15, 0.2) is 0 Å². The van der Waals surface area contributed by atoms with E-state index in [9.17, 15) is 7.77 Å². The fourth-order valence-corrected chi connectivity index (χ4v) is 2.10. The highest BCUT2D eigenvalue weighted by atomic mass is 32.3. The van der Waals surface area contributed by atoms with Gasteiger partial charge < -0.3 is 0 Å². The Labute approximate surface area is 57.5 Å².